The number of carbonyl (C=O) groups excluding carboxylic acids is 1. The smallest absolute Gasteiger partial charge is 0.251 e. The number of aromatic nitrogens is 1. The normalized spacial score (nSPS) is 20.0. The molecule has 0 aliphatic heterocycles. The van der Waals surface area contributed by atoms with E-state index in [0.29, 0.717) is 35.2 Å². The fourth-order valence-electron chi connectivity index (χ4n) is 6.19. The molecule has 2 fully saturated rings. The van der Waals surface area contributed by atoms with Crippen LogP contribution in [0.2, 0.25) is 0 Å². The van der Waals surface area contributed by atoms with E-state index in [1.54, 1.807) is 12.4 Å². The summed E-state index contributed by atoms with van der Waals surface area (Å²) in [5.41, 5.74) is 14.3. The van der Waals surface area contributed by atoms with E-state index in [0.717, 1.165) is 47.4 Å². The molecule has 0 spiro atoms. The number of likely N-dealkylation sites (N-methyl/N-ethyl adjacent to an activating group) is 1. The lowest BCUT2D eigenvalue weighted by Crippen LogP contribution is -2.35. The number of allylic oxidation sites excluding steroid dienone is 2. The number of hydrogen-bond donors (Lipinski definition) is 3. The number of rotatable bonds is 6. The summed E-state index contributed by atoms with van der Waals surface area (Å²) in [4.78, 5) is 18.7. The fraction of sp³-hybridized carbons (Fsp3) is 0.286. The maximum Gasteiger partial charge on any atom is 0.251 e. The topological polar surface area (TPSA) is 95.1 Å². The van der Waals surface area contributed by atoms with Gasteiger partial charge in [-0.05, 0) is 121 Å². The number of pyridine rings is 1. The van der Waals surface area contributed by atoms with E-state index in [-0.39, 0.29) is 11.6 Å². The monoisotopic (exact) mass is 543 g/mol. The number of carbonyl (C=O) groups is 1. The lowest BCUT2D eigenvalue weighted by Gasteiger charge is -2.23. The number of amides is 1. The number of fused-ring (bicyclic) bond motifs is 2. The molecule has 1 amide bonds. The number of nitrogens with zero attached hydrogens (tertiary/aromatic N) is 2. The van der Waals surface area contributed by atoms with Crippen molar-refractivity contribution in [1.82, 2.24) is 15.2 Å². The minimum atomic E-state index is -0.0617. The SMILES string of the molecule is C=c1ccc(N)c(C(=N)C#Cc2ccncc2)/c1=C1/C(=C(\C)c2ccc(C(=O)NCCN(C)C)cc2)C2CCC1C2. The van der Waals surface area contributed by atoms with Crippen molar-refractivity contribution in [2.45, 2.75) is 26.2 Å². The van der Waals surface area contributed by atoms with E-state index in [1.807, 2.05) is 67.5 Å². The molecule has 2 bridgehead atoms. The molecule has 2 unspecified atom stereocenters. The first kappa shape index (κ1) is 28.1. The lowest BCUT2D eigenvalue weighted by molar-refractivity contribution is 0.0951. The molecule has 2 atom stereocenters. The van der Waals surface area contributed by atoms with Crippen LogP contribution in [0.3, 0.4) is 0 Å². The van der Waals surface area contributed by atoms with Gasteiger partial charge in [-0.1, -0.05) is 30.7 Å². The summed E-state index contributed by atoms with van der Waals surface area (Å²) in [5.74, 6) is 6.91. The van der Waals surface area contributed by atoms with Crippen LogP contribution in [0.15, 0.2) is 66.5 Å². The van der Waals surface area contributed by atoms with Gasteiger partial charge in [-0.25, -0.2) is 0 Å². The van der Waals surface area contributed by atoms with Gasteiger partial charge in [0, 0.05) is 47.9 Å². The standard InChI is InChI=1S/C35H37N5O/c1-22-5-13-29(36)34(30(37)14-6-24-15-17-38-18-16-24)31(22)33-28-12-11-27(21-28)32(33)23(2)25-7-9-26(10-8-25)35(41)39-19-20-40(3)4/h5,7-10,13,15-18,27-28,37H,1,11-12,19-21,36H2,2-4H3,(H,39,41)/b32-23+,33-31+,37-30?. The van der Waals surface area contributed by atoms with Crippen LogP contribution in [-0.2, 0) is 0 Å². The maximum absolute atomic E-state index is 12.6. The van der Waals surface area contributed by atoms with E-state index in [1.165, 1.54) is 16.7 Å². The molecule has 208 valence electrons. The van der Waals surface area contributed by atoms with Crippen molar-refractivity contribution in [3.63, 3.8) is 0 Å². The molecule has 0 radical (unpaired) electrons. The fourth-order valence-corrected chi connectivity index (χ4v) is 6.19. The molecular formula is C35H37N5O. The van der Waals surface area contributed by atoms with Crippen LogP contribution >= 0.6 is 0 Å². The first-order valence-electron chi connectivity index (χ1n) is 14.1. The second kappa shape index (κ2) is 12.0. The summed E-state index contributed by atoms with van der Waals surface area (Å²) in [6.07, 6.45) is 6.75. The van der Waals surface area contributed by atoms with Crippen LogP contribution in [0.5, 0.6) is 0 Å². The molecule has 1 aromatic heterocycles. The molecule has 1 heterocycles. The Morgan fingerprint density at radius 1 is 1.07 bits per heavy atom. The van der Waals surface area contributed by atoms with Crippen molar-refractivity contribution >= 4 is 35.0 Å². The first-order valence-corrected chi connectivity index (χ1v) is 14.1. The molecule has 41 heavy (non-hydrogen) atoms. The molecule has 2 aromatic carbocycles. The van der Waals surface area contributed by atoms with Crippen molar-refractivity contribution in [1.29, 1.82) is 5.41 Å². The summed E-state index contributed by atoms with van der Waals surface area (Å²) in [7, 11) is 3.98. The molecule has 5 rings (SSSR count). The van der Waals surface area contributed by atoms with Crippen molar-refractivity contribution in [3.05, 3.63) is 99.2 Å². The minimum Gasteiger partial charge on any atom is -0.398 e. The number of nitrogen functional groups attached to an aromatic ring is 1. The predicted octanol–water partition coefficient (Wildman–Crippen LogP) is 3.84. The van der Waals surface area contributed by atoms with Gasteiger partial charge in [0.05, 0.1) is 0 Å². The highest BCUT2D eigenvalue weighted by Crippen LogP contribution is 2.54. The van der Waals surface area contributed by atoms with Gasteiger partial charge in [0.1, 0.15) is 5.71 Å². The van der Waals surface area contributed by atoms with E-state index in [4.69, 9.17) is 11.1 Å². The third kappa shape index (κ3) is 5.86. The van der Waals surface area contributed by atoms with Gasteiger partial charge in [-0.15, -0.1) is 0 Å². The minimum absolute atomic E-state index is 0.0617. The molecule has 6 nitrogen and oxygen atoms in total. The summed E-state index contributed by atoms with van der Waals surface area (Å²) in [6, 6.07) is 15.3. The molecule has 4 N–H and O–H groups in total. The maximum atomic E-state index is 12.6. The van der Waals surface area contributed by atoms with Crippen molar-refractivity contribution in [3.8, 4) is 11.8 Å². The zero-order valence-corrected chi connectivity index (χ0v) is 24.1. The summed E-state index contributed by atoms with van der Waals surface area (Å²) >= 11 is 0. The zero-order valence-electron chi connectivity index (χ0n) is 24.1. The van der Waals surface area contributed by atoms with Crippen LogP contribution in [0.4, 0.5) is 5.69 Å². The Labute approximate surface area is 242 Å². The Balaban J connectivity index is 1.58. The third-order valence-electron chi connectivity index (χ3n) is 8.22. The average Bonchev–Trinajstić information content (AvgIpc) is 3.59. The Morgan fingerprint density at radius 3 is 2.46 bits per heavy atom. The summed E-state index contributed by atoms with van der Waals surface area (Å²) in [6.45, 7) is 7.96. The van der Waals surface area contributed by atoms with Crippen molar-refractivity contribution < 1.29 is 4.79 Å². The van der Waals surface area contributed by atoms with Gasteiger partial charge in [-0.2, -0.15) is 0 Å². The van der Waals surface area contributed by atoms with Crippen molar-refractivity contribution in [2.75, 3.05) is 32.9 Å². The highest BCUT2D eigenvalue weighted by Gasteiger charge is 2.41. The van der Waals surface area contributed by atoms with Gasteiger partial charge >= 0.3 is 0 Å². The van der Waals surface area contributed by atoms with Crippen molar-refractivity contribution in [2.24, 2.45) is 11.8 Å². The van der Waals surface area contributed by atoms with E-state index in [9.17, 15) is 4.79 Å². The second-order valence-electron chi connectivity index (χ2n) is 11.2. The highest BCUT2D eigenvalue weighted by molar-refractivity contribution is 6.15. The molecular weight excluding hydrogens is 506 g/mol. The molecule has 0 saturated heterocycles. The quantitative estimate of drug-likeness (QED) is 0.250. The average molecular weight is 544 g/mol. The number of anilines is 1. The number of nitrogens with two attached hydrogens (primary N) is 1. The van der Waals surface area contributed by atoms with Crippen LogP contribution in [0.25, 0.3) is 17.7 Å². The van der Waals surface area contributed by atoms with E-state index >= 15 is 0 Å². The largest absolute Gasteiger partial charge is 0.398 e. The Morgan fingerprint density at radius 2 is 1.76 bits per heavy atom. The first-order chi connectivity index (χ1) is 19.7. The second-order valence-corrected chi connectivity index (χ2v) is 11.2. The van der Waals surface area contributed by atoms with E-state index in [2.05, 4.69) is 35.6 Å². The Bertz CT molecular complexity index is 1690. The van der Waals surface area contributed by atoms with Gasteiger partial charge in [0.2, 0.25) is 0 Å². The Hall–Kier alpha value is -4.47. The molecule has 2 aliphatic rings. The molecule has 2 aliphatic carbocycles. The van der Waals surface area contributed by atoms with Crippen LogP contribution in [-0.4, -0.2) is 48.7 Å². The number of benzene rings is 2. The van der Waals surface area contributed by atoms with Crippen LogP contribution in [0, 0.1) is 29.1 Å². The summed E-state index contributed by atoms with van der Waals surface area (Å²) in [5, 5.41) is 13.8. The molecule has 6 heteroatoms. The third-order valence-corrected chi connectivity index (χ3v) is 8.22. The van der Waals surface area contributed by atoms with Gasteiger partial charge in [-0.3, -0.25) is 15.2 Å². The summed E-state index contributed by atoms with van der Waals surface area (Å²) < 4.78 is 0. The van der Waals surface area contributed by atoms with Crippen LogP contribution < -0.4 is 21.5 Å². The Kier molecular flexibility index (Phi) is 8.19. The van der Waals surface area contributed by atoms with Crippen LogP contribution in [0.1, 0.15) is 53.2 Å². The predicted molar refractivity (Wildman–Crippen MR) is 168 cm³/mol. The lowest BCUT2D eigenvalue weighted by atomic mass is 9.82. The van der Waals surface area contributed by atoms with Gasteiger partial charge in [0.15, 0.2) is 0 Å². The molecule has 3 aromatic rings. The van der Waals surface area contributed by atoms with Gasteiger partial charge < -0.3 is 16.0 Å². The highest BCUT2D eigenvalue weighted by atomic mass is 16.1. The number of nitrogens with one attached hydrogen (secondary N) is 2. The number of hydrogen-bond acceptors (Lipinski definition) is 5. The van der Waals surface area contributed by atoms with Gasteiger partial charge in [0.25, 0.3) is 5.91 Å². The van der Waals surface area contributed by atoms with E-state index < -0.39 is 0 Å². The molecule has 2 saturated carbocycles. The zero-order chi connectivity index (χ0) is 29.1.